The molecule has 0 heterocycles. The second-order valence-corrected chi connectivity index (χ2v) is 4.16. The highest BCUT2D eigenvalue weighted by Crippen LogP contribution is 2.25. The lowest BCUT2D eigenvalue weighted by Crippen LogP contribution is -2.16. The predicted molar refractivity (Wildman–Crippen MR) is 64.7 cm³/mol. The molecule has 3 nitrogen and oxygen atoms in total. The van der Waals surface area contributed by atoms with Crippen LogP contribution in [0.4, 0.5) is 0 Å². The van der Waals surface area contributed by atoms with Gasteiger partial charge in [-0.25, -0.2) is 0 Å². The molecule has 0 aliphatic heterocycles. The summed E-state index contributed by atoms with van der Waals surface area (Å²) in [6.45, 7) is 1.76. The molecule has 15 heavy (non-hydrogen) atoms. The number of ether oxygens (including phenoxy) is 1. The third-order valence-corrected chi connectivity index (χ3v) is 2.67. The number of benzene rings is 1. The SMILES string of the molecule is COc1ccc(CNCCSC)cc1O. The van der Waals surface area contributed by atoms with Gasteiger partial charge in [0, 0.05) is 18.8 Å². The van der Waals surface area contributed by atoms with Gasteiger partial charge in [-0.05, 0) is 24.0 Å². The van der Waals surface area contributed by atoms with E-state index in [4.69, 9.17) is 4.74 Å². The summed E-state index contributed by atoms with van der Waals surface area (Å²) in [5.74, 6) is 1.81. The maximum absolute atomic E-state index is 9.54. The highest BCUT2D eigenvalue weighted by molar-refractivity contribution is 7.98. The van der Waals surface area contributed by atoms with Crippen LogP contribution >= 0.6 is 11.8 Å². The van der Waals surface area contributed by atoms with Crippen LogP contribution in [0.5, 0.6) is 11.5 Å². The number of methoxy groups -OCH3 is 1. The van der Waals surface area contributed by atoms with Gasteiger partial charge in [-0.3, -0.25) is 0 Å². The van der Waals surface area contributed by atoms with Crippen molar-refractivity contribution in [3.05, 3.63) is 23.8 Å². The van der Waals surface area contributed by atoms with Gasteiger partial charge in [0.15, 0.2) is 11.5 Å². The summed E-state index contributed by atoms with van der Waals surface area (Å²) < 4.78 is 4.97. The third kappa shape index (κ3) is 4.01. The molecule has 2 N–H and O–H groups in total. The van der Waals surface area contributed by atoms with Crippen LogP contribution < -0.4 is 10.1 Å². The standard InChI is InChI=1S/C11H17NO2S/c1-14-11-4-3-9(7-10(11)13)8-12-5-6-15-2/h3-4,7,12-13H,5-6,8H2,1-2H3. The molecule has 1 aromatic carbocycles. The van der Waals surface area contributed by atoms with E-state index >= 15 is 0 Å². The van der Waals surface area contributed by atoms with E-state index in [-0.39, 0.29) is 5.75 Å². The van der Waals surface area contributed by atoms with E-state index < -0.39 is 0 Å². The van der Waals surface area contributed by atoms with Gasteiger partial charge in [-0.1, -0.05) is 6.07 Å². The van der Waals surface area contributed by atoms with Gasteiger partial charge in [0.05, 0.1) is 7.11 Å². The zero-order chi connectivity index (χ0) is 11.1. The van der Waals surface area contributed by atoms with Crippen molar-refractivity contribution in [3.8, 4) is 11.5 Å². The molecule has 1 rings (SSSR count). The van der Waals surface area contributed by atoms with Crippen molar-refractivity contribution in [2.45, 2.75) is 6.54 Å². The van der Waals surface area contributed by atoms with Crippen LogP contribution in [0.2, 0.25) is 0 Å². The van der Waals surface area contributed by atoms with Crippen LogP contribution in [-0.4, -0.2) is 30.8 Å². The summed E-state index contributed by atoms with van der Waals surface area (Å²) in [6.07, 6.45) is 2.08. The monoisotopic (exact) mass is 227 g/mol. The summed E-state index contributed by atoms with van der Waals surface area (Å²) in [5.41, 5.74) is 1.06. The Bertz CT molecular complexity index is 305. The molecule has 0 fully saturated rings. The average molecular weight is 227 g/mol. The van der Waals surface area contributed by atoms with Crippen LogP contribution in [0.25, 0.3) is 0 Å². The number of rotatable bonds is 6. The molecule has 0 atom stereocenters. The van der Waals surface area contributed by atoms with E-state index in [0.717, 1.165) is 24.4 Å². The fourth-order valence-corrected chi connectivity index (χ4v) is 1.60. The van der Waals surface area contributed by atoms with Crippen molar-refractivity contribution < 1.29 is 9.84 Å². The fraction of sp³-hybridized carbons (Fsp3) is 0.455. The molecular weight excluding hydrogens is 210 g/mol. The smallest absolute Gasteiger partial charge is 0.160 e. The maximum Gasteiger partial charge on any atom is 0.160 e. The van der Waals surface area contributed by atoms with E-state index in [1.807, 2.05) is 17.8 Å². The topological polar surface area (TPSA) is 41.5 Å². The summed E-state index contributed by atoms with van der Waals surface area (Å²) in [5, 5.41) is 12.8. The Morgan fingerprint density at radius 1 is 1.47 bits per heavy atom. The molecule has 0 unspecified atom stereocenters. The lowest BCUT2D eigenvalue weighted by molar-refractivity contribution is 0.373. The zero-order valence-electron chi connectivity index (χ0n) is 9.12. The van der Waals surface area contributed by atoms with Crippen molar-refractivity contribution in [2.75, 3.05) is 25.7 Å². The first-order valence-electron chi connectivity index (χ1n) is 4.83. The first-order valence-corrected chi connectivity index (χ1v) is 6.23. The maximum atomic E-state index is 9.54. The molecule has 0 spiro atoms. The summed E-state index contributed by atoms with van der Waals surface area (Å²) in [4.78, 5) is 0. The average Bonchev–Trinajstić information content (AvgIpc) is 2.25. The quantitative estimate of drug-likeness (QED) is 0.728. The Balaban J connectivity index is 2.45. The van der Waals surface area contributed by atoms with Crippen LogP contribution in [0.1, 0.15) is 5.56 Å². The Labute approximate surface area is 94.8 Å². The number of hydrogen-bond donors (Lipinski definition) is 2. The Kier molecular flexibility index (Phi) is 5.36. The molecular formula is C11H17NO2S. The number of aromatic hydroxyl groups is 1. The molecule has 0 bridgehead atoms. The lowest BCUT2D eigenvalue weighted by atomic mass is 10.2. The Hall–Kier alpha value is -0.870. The first-order chi connectivity index (χ1) is 7.27. The zero-order valence-corrected chi connectivity index (χ0v) is 9.93. The number of thioether (sulfide) groups is 1. The van der Waals surface area contributed by atoms with Crippen molar-refractivity contribution in [1.29, 1.82) is 0 Å². The molecule has 0 amide bonds. The second-order valence-electron chi connectivity index (χ2n) is 3.18. The lowest BCUT2D eigenvalue weighted by Gasteiger charge is -2.07. The minimum Gasteiger partial charge on any atom is -0.504 e. The third-order valence-electron chi connectivity index (χ3n) is 2.06. The minimum atomic E-state index is 0.196. The van der Waals surface area contributed by atoms with Gasteiger partial charge < -0.3 is 15.2 Å². The highest BCUT2D eigenvalue weighted by Gasteiger charge is 2.01. The van der Waals surface area contributed by atoms with E-state index in [1.165, 1.54) is 0 Å². The molecule has 0 radical (unpaired) electrons. The van der Waals surface area contributed by atoms with Gasteiger partial charge in [-0.2, -0.15) is 11.8 Å². The summed E-state index contributed by atoms with van der Waals surface area (Å²) >= 11 is 1.81. The number of hydrogen-bond acceptors (Lipinski definition) is 4. The van der Waals surface area contributed by atoms with Crippen molar-refractivity contribution in [3.63, 3.8) is 0 Å². The first kappa shape index (κ1) is 12.2. The molecule has 4 heteroatoms. The molecule has 0 saturated carbocycles. The Morgan fingerprint density at radius 2 is 2.27 bits per heavy atom. The highest BCUT2D eigenvalue weighted by atomic mass is 32.2. The van der Waals surface area contributed by atoms with Gasteiger partial charge in [0.1, 0.15) is 0 Å². The van der Waals surface area contributed by atoms with E-state index in [9.17, 15) is 5.11 Å². The molecule has 84 valence electrons. The van der Waals surface area contributed by atoms with Crippen LogP contribution in [0.15, 0.2) is 18.2 Å². The van der Waals surface area contributed by atoms with E-state index in [2.05, 4.69) is 11.6 Å². The normalized spacial score (nSPS) is 10.3. The number of phenolic OH excluding ortho intramolecular Hbond substituents is 1. The minimum absolute atomic E-state index is 0.196. The van der Waals surface area contributed by atoms with Crippen LogP contribution in [0, 0.1) is 0 Å². The summed E-state index contributed by atoms with van der Waals surface area (Å²) in [6, 6.07) is 5.45. The molecule has 1 aromatic rings. The summed E-state index contributed by atoms with van der Waals surface area (Å²) in [7, 11) is 1.55. The molecule has 0 aromatic heterocycles. The van der Waals surface area contributed by atoms with Crippen molar-refractivity contribution in [2.24, 2.45) is 0 Å². The number of phenols is 1. The molecule has 0 saturated heterocycles. The van der Waals surface area contributed by atoms with E-state index in [1.54, 1.807) is 19.2 Å². The van der Waals surface area contributed by atoms with E-state index in [0.29, 0.717) is 5.75 Å². The fourth-order valence-electron chi connectivity index (χ4n) is 1.25. The van der Waals surface area contributed by atoms with Crippen molar-refractivity contribution in [1.82, 2.24) is 5.32 Å². The molecule has 0 aliphatic carbocycles. The van der Waals surface area contributed by atoms with Gasteiger partial charge in [-0.15, -0.1) is 0 Å². The predicted octanol–water partition coefficient (Wildman–Crippen LogP) is 1.85. The van der Waals surface area contributed by atoms with Crippen LogP contribution in [-0.2, 0) is 6.54 Å². The Morgan fingerprint density at radius 3 is 2.87 bits per heavy atom. The van der Waals surface area contributed by atoms with Gasteiger partial charge in [0.2, 0.25) is 0 Å². The molecule has 0 aliphatic rings. The van der Waals surface area contributed by atoms with Gasteiger partial charge in [0.25, 0.3) is 0 Å². The second kappa shape index (κ2) is 6.58. The largest absolute Gasteiger partial charge is 0.504 e. The van der Waals surface area contributed by atoms with Gasteiger partial charge >= 0.3 is 0 Å². The number of nitrogens with one attached hydrogen (secondary N) is 1. The van der Waals surface area contributed by atoms with Crippen molar-refractivity contribution >= 4 is 11.8 Å². The van der Waals surface area contributed by atoms with Crippen LogP contribution in [0.3, 0.4) is 0 Å².